The average molecular weight is 396 g/mol. The lowest BCUT2D eigenvalue weighted by atomic mass is 10.3. The van der Waals surface area contributed by atoms with Crippen LogP contribution in [0.15, 0.2) is 48.5 Å². The highest BCUT2D eigenvalue weighted by atomic mass is 19.1. The van der Waals surface area contributed by atoms with Gasteiger partial charge in [0.25, 0.3) is 0 Å². The van der Waals surface area contributed by atoms with Gasteiger partial charge in [-0.3, -0.25) is 0 Å². The summed E-state index contributed by atoms with van der Waals surface area (Å²) in [4.78, 5) is 20.7. The second-order valence-electron chi connectivity index (χ2n) is 6.12. The number of rotatable bonds is 6. The van der Waals surface area contributed by atoms with Crippen molar-refractivity contribution in [2.45, 2.75) is 20.8 Å². The van der Waals surface area contributed by atoms with Crippen LogP contribution in [-0.4, -0.2) is 22.6 Å². The van der Waals surface area contributed by atoms with Gasteiger partial charge in [-0.1, -0.05) is 12.1 Å². The van der Waals surface area contributed by atoms with Gasteiger partial charge in [0.05, 0.1) is 23.7 Å². The van der Waals surface area contributed by atoms with Crippen LogP contribution < -0.4 is 20.1 Å². The number of nitrogens with zero attached hydrogens (tertiary/aromatic N) is 2. The van der Waals surface area contributed by atoms with Crippen molar-refractivity contribution in [2.75, 3.05) is 17.2 Å². The van der Waals surface area contributed by atoms with E-state index in [4.69, 9.17) is 9.47 Å². The van der Waals surface area contributed by atoms with E-state index in [1.54, 1.807) is 50.2 Å². The molecule has 8 heteroatoms. The van der Waals surface area contributed by atoms with E-state index in [9.17, 15) is 9.18 Å². The molecule has 1 aromatic heterocycles. The van der Waals surface area contributed by atoms with Gasteiger partial charge in [0.15, 0.2) is 11.6 Å². The molecule has 3 rings (SSSR count). The number of para-hydroxylation sites is 1. The Labute approximate surface area is 167 Å². The first-order valence-electron chi connectivity index (χ1n) is 9.04. The summed E-state index contributed by atoms with van der Waals surface area (Å²) in [6.45, 7) is 5.88. The van der Waals surface area contributed by atoms with E-state index in [0.717, 1.165) is 5.75 Å². The Morgan fingerprint density at radius 3 is 2.28 bits per heavy atom. The summed E-state index contributed by atoms with van der Waals surface area (Å²) in [5.41, 5.74) is 2.05. The molecule has 0 radical (unpaired) electrons. The number of carbonyl (C=O) groups excluding carboxylic acids is 1. The first kappa shape index (κ1) is 20.1. The summed E-state index contributed by atoms with van der Waals surface area (Å²) in [6.07, 6.45) is 0. The molecule has 3 aromatic rings. The lowest BCUT2D eigenvalue weighted by molar-refractivity contribution is 0.262. The van der Waals surface area contributed by atoms with E-state index >= 15 is 0 Å². The smallest absolute Gasteiger partial charge is 0.323 e. The van der Waals surface area contributed by atoms with E-state index in [2.05, 4.69) is 20.6 Å². The molecule has 29 heavy (non-hydrogen) atoms. The maximum Gasteiger partial charge on any atom is 0.323 e. The van der Waals surface area contributed by atoms with Crippen molar-refractivity contribution in [2.24, 2.45) is 0 Å². The number of nitrogens with one attached hydrogen (secondary N) is 2. The van der Waals surface area contributed by atoms with Crippen molar-refractivity contribution in [3.05, 3.63) is 65.7 Å². The fourth-order valence-electron chi connectivity index (χ4n) is 2.61. The lowest BCUT2D eigenvalue weighted by Crippen LogP contribution is -2.21. The molecule has 0 saturated heterocycles. The van der Waals surface area contributed by atoms with E-state index < -0.39 is 11.8 Å². The van der Waals surface area contributed by atoms with Crippen LogP contribution >= 0.6 is 0 Å². The van der Waals surface area contributed by atoms with Crippen LogP contribution in [0.2, 0.25) is 0 Å². The number of ether oxygens (including phenoxy) is 2. The predicted octanol–water partition coefficient (Wildman–Crippen LogP) is 5.07. The number of anilines is 2. The molecular weight excluding hydrogens is 375 g/mol. The van der Waals surface area contributed by atoms with E-state index in [1.807, 2.05) is 6.92 Å². The third-order valence-electron chi connectivity index (χ3n) is 3.95. The summed E-state index contributed by atoms with van der Waals surface area (Å²) in [5.74, 6) is 0.243. The zero-order chi connectivity index (χ0) is 20.8. The molecule has 7 nitrogen and oxygen atoms in total. The Bertz CT molecular complexity index is 986. The number of aryl methyl sites for hydroxylation is 2. The van der Waals surface area contributed by atoms with Crippen LogP contribution in [-0.2, 0) is 0 Å². The summed E-state index contributed by atoms with van der Waals surface area (Å²) in [7, 11) is 0. The zero-order valence-corrected chi connectivity index (χ0v) is 16.3. The third kappa shape index (κ3) is 5.19. The highest BCUT2D eigenvalue weighted by Gasteiger charge is 2.14. The van der Waals surface area contributed by atoms with Crippen LogP contribution in [0, 0.1) is 19.7 Å². The summed E-state index contributed by atoms with van der Waals surface area (Å²) in [5, 5.41) is 5.47. The molecule has 0 saturated carbocycles. The molecule has 1 heterocycles. The lowest BCUT2D eigenvalue weighted by Gasteiger charge is -2.13. The monoisotopic (exact) mass is 396 g/mol. The molecule has 2 amide bonds. The fraction of sp³-hybridized carbons (Fsp3) is 0.190. The van der Waals surface area contributed by atoms with Gasteiger partial charge in [-0.15, -0.1) is 0 Å². The van der Waals surface area contributed by atoms with Crippen molar-refractivity contribution in [1.29, 1.82) is 0 Å². The highest BCUT2D eigenvalue weighted by molar-refractivity contribution is 6.00. The Kier molecular flexibility index (Phi) is 6.23. The maximum atomic E-state index is 13.7. The third-order valence-corrected chi connectivity index (χ3v) is 3.95. The van der Waals surface area contributed by atoms with Gasteiger partial charge in [0, 0.05) is 5.69 Å². The molecule has 2 N–H and O–H groups in total. The molecule has 2 aromatic carbocycles. The van der Waals surface area contributed by atoms with Gasteiger partial charge in [-0.2, -0.15) is 9.97 Å². The number of benzene rings is 2. The van der Waals surface area contributed by atoms with Gasteiger partial charge in [-0.05, 0) is 57.2 Å². The second-order valence-corrected chi connectivity index (χ2v) is 6.12. The molecule has 0 unspecified atom stereocenters. The molecule has 0 spiro atoms. The number of urea groups is 1. The van der Waals surface area contributed by atoms with E-state index in [1.165, 1.54) is 12.1 Å². The normalized spacial score (nSPS) is 10.3. The SMILES string of the molecule is CCOc1ccc(NC(=O)Nc2c(C)nc(Oc3ccccc3F)nc2C)cc1. The minimum atomic E-state index is -0.511. The minimum Gasteiger partial charge on any atom is -0.494 e. The summed E-state index contributed by atoms with van der Waals surface area (Å²) in [6, 6.07) is 12.6. The first-order chi connectivity index (χ1) is 14.0. The number of aromatic nitrogens is 2. The summed E-state index contributed by atoms with van der Waals surface area (Å²) < 4.78 is 24.5. The topological polar surface area (TPSA) is 85.4 Å². The molecule has 150 valence electrons. The number of hydrogen-bond donors (Lipinski definition) is 2. The number of halogens is 1. The van der Waals surface area contributed by atoms with Crippen LogP contribution in [0.1, 0.15) is 18.3 Å². The molecule has 0 aliphatic rings. The molecular formula is C21H21FN4O3. The first-order valence-corrected chi connectivity index (χ1v) is 9.04. The van der Waals surface area contributed by atoms with Crippen LogP contribution in [0.5, 0.6) is 17.5 Å². The number of amides is 2. The van der Waals surface area contributed by atoms with E-state index in [-0.39, 0.29) is 11.8 Å². The van der Waals surface area contributed by atoms with Crippen molar-refractivity contribution < 1.29 is 18.7 Å². The van der Waals surface area contributed by atoms with Crippen molar-refractivity contribution in [3.63, 3.8) is 0 Å². The molecule has 0 atom stereocenters. The number of hydrogen-bond acceptors (Lipinski definition) is 5. The van der Waals surface area contributed by atoms with Crippen LogP contribution in [0.4, 0.5) is 20.6 Å². The second kappa shape index (κ2) is 9.01. The van der Waals surface area contributed by atoms with E-state index in [0.29, 0.717) is 29.4 Å². The number of carbonyl (C=O) groups is 1. The molecule has 0 fully saturated rings. The minimum absolute atomic E-state index is 0.00238. The zero-order valence-electron chi connectivity index (χ0n) is 16.3. The van der Waals surface area contributed by atoms with Crippen molar-refractivity contribution in [3.8, 4) is 17.5 Å². The van der Waals surface area contributed by atoms with Gasteiger partial charge >= 0.3 is 12.0 Å². The Hall–Kier alpha value is -3.68. The Morgan fingerprint density at radius 1 is 1.00 bits per heavy atom. The molecule has 0 aliphatic carbocycles. The predicted molar refractivity (Wildman–Crippen MR) is 108 cm³/mol. The van der Waals surface area contributed by atoms with Gasteiger partial charge in [-0.25, -0.2) is 9.18 Å². The Morgan fingerprint density at radius 2 is 1.66 bits per heavy atom. The molecule has 0 aliphatic heterocycles. The Balaban J connectivity index is 1.69. The van der Waals surface area contributed by atoms with Gasteiger partial charge in [0.2, 0.25) is 0 Å². The average Bonchev–Trinajstić information content (AvgIpc) is 2.68. The highest BCUT2D eigenvalue weighted by Crippen LogP contribution is 2.25. The van der Waals surface area contributed by atoms with Gasteiger partial charge in [0.1, 0.15) is 5.75 Å². The maximum absolute atomic E-state index is 13.7. The van der Waals surface area contributed by atoms with Crippen LogP contribution in [0.25, 0.3) is 0 Å². The largest absolute Gasteiger partial charge is 0.494 e. The standard InChI is InChI=1S/C21H21FN4O3/c1-4-28-16-11-9-15(10-12-16)25-20(27)26-19-13(2)23-21(24-14(19)3)29-18-8-6-5-7-17(18)22/h5-12H,4H2,1-3H3,(H2,25,26,27). The fourth-order valence-corrected chi connectivity index (χ4v) is 2.61. The van der Waals surface area contributed by atoms with Crippen LogP contribution in [0.3, 0.4) is 0 Å². The van der Waals surface area contributed by atoms with Crippen molar-refractivity contribution >= 4 is 17.4 Å². The quantitative estimate of drug-likeness (QED) is 0.608. The molecule has 0 bridgehead atoms. The van der Waals surface area contributed by atoms with Gasteiger partial charge < -0.3 is 20.1 Å². The van der Waals surface area contributed by atoms with Crippen molar-refractivity contribution in [1.82, 2.24) is 9.97 Å². The summed E-state index contributed by atoms with van der Waals surface area (Å²) >= 11 is 0.